The van der Waals surface area contributed by atoms with E-state index in [1.807, 2.05) is 13.0 Å². The molecule has 0 saturated carbocycles. The van der Waals surface area contributed by atoms with Crippen LogP contribution in [0.25, 0.3) is 0 Å². The zero-order valence-corrected chi connectivity index (χ0v) is 11.7. The van der Waals surface area contributed by atoms with Crippen molar-refractivity contribution in [1.82, 2.24) is 0 Å². The minimum Gasteiger partial charge on any atom is -0.429 e. The van der Waals surface area contributed by atoms with Crippen LogP contribution in [0.2, 0.25) is 0 Å². The highest BCUT2D eigenvalue weighted by Crippen LogP contribution is 2.46. The van der Waals surface area contributed by atoms with E-state index in [0.717, 1.165) is 12.8 Å². The first-order chi connectivity index (χ1) is 8.83. The average molecular weight is 266 g/mol. The zero-order chi connectivity index (χ0) is 14.2. The minimum absolute atomic E-state index is 0.0199. The van der Waals surface area contributed by atoms with Gasteiger partial charge in [-0.25, -0.2) is 4.79 Å². The van der Waals surface area contributed by atoms with Crippen LogP contribution >= 0.6 is 0 Å². The first-order valence-corrected chi connectivity index (χ1v) is 6.79. The predicted octanol–water partition coefficient (Wildman–Crippen LogP) is 1.92. The molecule has 1 heterocycles. The Morgan fingerprint density at radius 2 is 2.11 bits per heavy atom. The fourth-order valence-electron chi connectivity index (χ4n) is 3.04. The molecule has 1 aliphatic heterocycles. The maximum atomic E-state index is 11.5. The third kappa shape index (κ3) is 2.74. The summed E-state index contributed by atoms with van der Waals surface area (Å²) >= 11 is 0. The number of rotatable bonds is 3. The number of aliphatic hydroxyl groups is 2. The van der Waals surface area contributed by atoms with Crippen molar-refractivity contribution in [3.05, 3.63) is 23.3 Å². The van der Waals surface area contributed by atoms with Crippen molar-refractivity contribution in [1.29, 1.82) is 0 Å². The zero-order valence-electron chi connectivity index (χ0n) is 11.7. The maximum absolute atomic E-state index is 11.5. The Kier molecular flexibility index (Phi) is 3.83. The van der Waals surface area contributed by atoms with E-state index < -0.39 is 12.3 Å². The van der Waals surface area contributed by atoms with Gasteiger partial charge in [0.2, 0.25) is 6.29 Å². The van der Waals surface area contributed by atoms with Gasteiger partial charge in [-0.2, -0.15) is 0 Å². The molecule has 19 heavy (non-hydrogen) atoms. The molecule has 2 N–H and O–H groups in total. The van der Waals surface area contributed by atoms with E-state index in [2.05, 4.69) is 18.6 Å². The Morgan fingerprint density at radius 3 is 2.63 bits per heavy atom. The van der Waals surface area contributed by atoms with Crippen molar-refractivity contribution in [3.63, 3.8) is 0 Å². The molecule has 0 unspecified atom stereocenters. The van der Waals surface area contributed by atoms with Crippen LogP contribution in [-0.2, 0) is 9.53 Å². The lowest BCUT2D eigenvalue weighted by atomic mass is 9.64. The second-order valence-electron chi connectivity index (χ2n) is 5.96. The number of hydrogen-bond acceptors (Lipinski definition) is 4. The van der Waals surface area contributed by atoms with Crippen molar-refractivity contribution in [2.75, 3.05) is 0 Å². The summed E-state index contributed by atoms with van der Waals surface area (Å²) < 4.78 is 4.69. The summed E-state index contributed by atoms with van der Waals surface area (Å²) in [4.78, 5) is 11.5. The van der Waals surface area contributed by atoms with Gasteiger partial charge in [0.1, 0.15) is 0 Å². The molecule has 0 spiro atoms. The van der Waals surface area contributed by atoms with Gasteiger partial charge in [-0.1, -0.05) is 25.5 Å². The molecule has 4 nitrogen and oxygen atoms in total. The van der Waals surface area contributed by atoms with Gasteiger partial charge in [0.25, 0.3) is 0 Å². The molecular formula is C15H22O4. The first kappa shape index (κ1) is 14.3. The summed E-state index contributed by atoms with van der Waals surface area (Å²) in [5, 5.41) is 19.0. The van der Waals surface area contributed by atoms with Crippen LogP contribution in [0.1, 0.15) is 40.0 Å². The highest BCUT2D eigenvalue weighted by Gasteiger charge is 2.38. The number of allylic oxidation sites excluding steroid dienone is 1. The summed E-state index contributed by atoms with van der Waals surface area (Å²) in [6, 6.07) is 0. The third-order valence-corrected chi connectivity index (χ3v) is 4.77. The summed E-state index contributed by atoms with van der Waals surface area (Å²) in [5.74, 6) is -0.0586. The lowest BCUT2D eigenvalue weighted by Crippen LogP contribution is -2.34. The number of ether oxygens (including phenoxy) is 1. The van der Waals surface area contributed by atoms with E-state index in [1.165, 1.54) is 11.6 Å². The van der Waals surface area contributed by atoms with Crippen LogP contribution in [0.15, 0.2) is 23.3 Å². The molecule has 0 fully saturated rings. The molecule has 0 aromatic heterocycles. The molecule has 0 bridgehead atoms. The molecule has 2 rings (SSSR count). The van der Waals surface area contributed by atoms with Crippen molar-refractivity contribution in [3.8, 4) is 0 Å². The standard InChI is InChI=1S/C15H22O4/c1-9-6-12(16)7-10(2)15(9,3)5-4-11-8-13(17)19-14(11)18/h6,8,10,12-13,16-17H,4-5,7H2,1-3H3/t10-,12+,13-,15-/m1/s1. The van der Waals surface area contributed by atoms with Gasteiger partial charge in [0.15, 0.2) is 0 Å². The molecule has 0 amide bonds. The summed E-state index contributed by atoms with van der Waals surface area (Å²) in [7, 11) is 0. The Labute approximate surface area is 113 Å². The highest BCUT2D eigenvalue weighted by atomic mass is 16.6. The first-order valence-electron chi connectivity index (χ1n) is 6.79. The molecule has 106 valence electrons. The van der Waals surface area contributed by atoms with Gasteiger partial charge in [-0.05, 0) is 43.6 Å². The predicted molar refractivity (Wildman–Crippen MR) is 71.1 cm³/mol. The Hall–Kier alpha value is -1.13. The maximum Gasteiger partial charge on any atom is 0.336 e. The van der Waals surface area contributed by atoms with E-state index in [-0.39, 0.29) is 11.5 Å². The molecule has 2 aliphatic rings. The lowest BCUT2D eigenvalue weighted by molar-refractivity contribution is -0.151. The van der Waals surface area contributed by atoms with Gasteiger partial charge in [0, 0.05) is 5.57 Å². The third-order valence-electron chi connectivity index (χ3n) is 4.77. The SMILES string of the molecule is CC1=C[C@H](O)C[C@@H](C)[C@]1(C)CCC1=C[C@H](O)OC1=O. The van der Waals surface area contributed by atoms with Gasteiger partial charge < -0.3 is 14.9 Å². The second-order valence-corrected chi connectivity index (χ2v) is 5.96. The quantitative estimate of drug-likeness (QED) is 0.605. The number of aliphatic hydroxyl groups excluding tert-OH is 2. The van der Waals surface area contributed by atoms with Gasteiger partial charge in [0.05, 0.1) is 6.10 Å². The number of cyclic esters (lactones) is 1. The minimum atomic E-state index is -1.09. The van der Waals surface area contributed by atoms with Crippen molar-refractivity contribution < 1.29 is 19.7 Å². The topological polar surface area (TPSA) is 66.8 Å². The molecule has 1 aliphatic carbocycles. The van der Waals surface area contributed by atoms with E-state index >= 15 is 0 Å². The number of esters is 1. The Balaban J connectivity index is 2.08. The van der Waals surface area contributed by atoms with Crippen LogP contribution in [-0.4, -0.2) is 28.6 Å². The van der Waals surface area contributed by atoms with Crippen LogP contribution < -0.4 is 0 Å². The van der Waals surface area contributed by atoms with Crippen molar-refractivity contribution >= 4 is 5.97 Å². The fourth-order valence-corrected chi connectivity index (χ4v) is 3.04. The number of carbonyl (C=O) groups is 1. The Bertz CT molecular complexity index is 437. The number of hydrogen-bond donors (Lipinski definition) is 2. The van der Waals surface area contributed by atoms with E-state index in [1.54, 1.807) is 0 Å². The molecule has 0 aromatic carbocycles. The van der Waals surface area contributed by atoms with Gasteiger partial charge in [-0.15, -0.1) is 0 Å². The normalized spacial score (nSPS) is 38.8. The van der Waals surface area contributed by atoms with Crippen LogP contribution in [0.3, 0.4) is 0 Å². The molecule has 0 aromatic rings. The molecule has 4 heteroatoms. The van der Waals surface area contributed by atoms with E-state index in [9.17, 15) is 15.0 Å². The lowest BCUT2D eigenvalue weighted by Gasteiger charge is -2.41. The van der Waals surface area contributed by atoms with Crippen LogP contribution in [0.5, 0.6) is 0 Å². The van der Waals surface area contributed by atoms with Gasteiger partial charge >= 0.3 is 5.97 Å². The molecule has 0 radical (unpaired) electrons. The largest absolute Gasteiger partial charge is 0.429 e. The smallest absolute Gasteiger partial charge is 0.336 e. The van der Waals surface area contributed by atoms with Crippen molar-refractivity contribution in [2.24, 2.45) is 11.3 Å². The fraction of sp³-hybridized carbons (Fsp3) is 0.667. The van der Waals surface area contributed by atoms with Crippen LogP contribution in [0, 0.1) is 11.3 Å². The van der Waals surface area contributed by atoms with E-state index in [4.69, 9.17) is 0 Å². The molecular weight excluding hydrogens is 244 g/mol. The summed E-state index contributed by atoms with van der Waals surface area (Å²) in [6.45, 7) is 6.34. The van der Waals surface area contributed by atoms with Crippen molar-refractivity contribution in [2.45, 2.75) is 52.4 Å². The van der Waals surface area contributed by atoms with E-state index in [0.29, 0.717) is 17.9 Å². The Morgan fingerprint density at radius 1 is 1.42 bits per heavy atom. The monoisotopic (exact) mass is 266 g/mol. The second kappa shape index (κ2) is 5.10. The molecule has 0 saturated heterocycles. The summed E-state index contributed by atoms with van der Waals surface area (Å²) in [5.41, 5.74) is 1.71. The highest BCUT2D eigenvalue weighted by molar-refractivity contribution is 5.90. The summed E-state index contributed by atoms with van der Waals surface area (Å²) in [6.07, 6.45) is 4.11. The number of carbonyl (C=O) groups excluding carboxylic acids is 1. The van der Waals surface area contributed by atoms with Crippen LogP contribution in [0.4, 0.5) is 0 Å². The molecule has 4 atom stereocenters. The van der Waals surface area contributed by atoms with Gasteiger partial charge in [-0.3, -0.25) is 0 Å². The average Bonchev–Trinajstić information content (AvgIpc) is 2.62.